The molecule has 0 amide bonds. The first-order chi connectivity index (χ1) is 9.07. The highest BCUT2D eigenvalue weighted by atomic mass is 32.2. The molecule has 1 rings (SSSR count). The minimum atomic E-state index is -4.68. The van der Waals surface area contributed by atoms with Crippen molar-refractivity contribution in [3.05, 3.63) is 29.1 Å². The summed E-state index contributed by atoms with van der Waals surface area (Å²) in [7, 11) is -4.68. The molecule has 1 aromatic rings. The molecule has 20 heavy (non-hydrogen) atoms. The van der Waals surface area contributed by atoms with E-state index >= 15 is 0 Å². The second-order valence-electron chi connectivity index (χ2n) is 3.70. The summed E-state index contributed by atoms with van der Waals surface area (Å²) in [5, 5.41) is 0. The van der Waals surface area contributed by atoms with Crippen LogP contribution in [0.3, 0.4) is 0 Å². The van der Waals surface area contributed by atoms with Gasteiger partial charge in [-0.2, -0.15) is 17.2 Å². The van der Waals surface area contributed by atoms with Gasteiger partial charge in [-0.1, -0.05) is 0 Å². The van der Waals surface area contributed by atoms with Gasteiger partial charge in [-0.25, -0.2) is 13.2 Å². The van der Waals surface area contributed by atoms with Gasteiger partial charge in [0.2, 0.25) is 34.8 Å². The fourth-order valence-electron chi connectivity index (χ4n) is 1.10. The fraction of sp³-hybridized carbons (Fsp3) is 0.300. The summed E-state index contributed by atoms with van der Waals surface area (Å²) in [6, 6.07) is 0. The zero-order valence-corrected chi connectivity index (χ0v) is 10.7. The summed E-state index contributed by atoms with van der Waals surface area (Å²) < 4.78 is 91.0. The lowest BCUT2D eigenvalue weighted by atomic mass is 10.3. The Morgan fingerprint density at radius 2 is 1.35 bits per heavy atom. The summed E-state index contributed by atoms with van der Waals surface area (Å²) >= 11 is 0. The van der Waals surface area contributed by atoms with E-state index in [-0.39, 0.29) is 0 Å². The molecule has 0 unspecified atom stereocenters. The van der Waals surface area contributed by atoms with Crippen LogP contribution in [0.1, 0.15) is 13.3 Å². The van der Waals surface area contributed by atoms with Crippen molar-refractivity contribution in [3.8, 4) is 5.75 Å². The molecule has 0 aliphatic heterocycles. The van der Waals surface area contributed by atoms with E-state index in [1.165, 1.54) is 0 Å². The molecule has 0 aromatic heterocycles. The van der Waals surface area contributed by atoms with Crippen molar-refractivity contribution in [2.75, 3.05) is 5.75 Å². The number of carbonyl (C=O) groups excluding carboxylic acids is 1. The Morgan fingerprint density at radius 3 is 1.75 bits per heavy atom. The maximum Gasteiger partial charge on any atom is 0.309 e. The monoisotopic (exact) mass is 318 g/mol. The maximum atomic E-state index is 13.2. The van der Waals surface area contributed by atoms with Gasteiger partial charge in [0.1, 0.15) is 5.78 Å². The van der Waals surface area contributed by atoms with Crippen LogP contribution in [0.25, 0.3) is 0 Å². The minimum Gasteiger partial charge on any atom is -0.376 e. The van der Waals surface area contributed by atoms with Gasteiger partial charge >= 0.3 is 10.1 Å². The lowest BCUT2D eigenvalue weighted by Gasteiger charge is -2.09. The van der Waals surface area contributed by atoms with Crippen molar-refractivity contribution in [2.45, 2.75) is 13.3 Å². The SMILES string of the molecule is CC(=O)CCS(=O)(=O)Oc1c(F)c(F)c(F)c(F)c1F. The third-order valence-corrected chi connectivity index (χ3v) is 3.21. The summed E-state index contributed by atoms with van der Waals surface area (Å²) in [6.45, 7) is 1.05. The quantitative estimate of drug-likeness (QED) is 0.361. The number of hydrogen-bond acceptors (Lipinski definition) is 4. The van der Waals surface area contributed by atoms with Crippen molar-refractivity contribution in [1.29, 1.82) is 0 Å². The summed E-state index contributed by atoms with van der Waals surface area (Å²) in [4.78, 5) is 10.6. The largest absolute Gasteiger partial charge is 0.376 e. The summed E-state index contributed by atoms with van der Waals surface area (Å²) in [6.07, 6.45) is -0.530. The normalized spacial score (nSPS) is 11.5. The number of hydrogen-bond donors (Lipinski definition) is 0. The molecule has 1 aromatic carbocycles. The molecule has 0 fully saturated rings. The molecule has 0 bridgehead atoms. The van der Waals surface area contributed by atoms with Crippen LogP contribution in [-0.2, 0) is 14.9 Å². The maximum absolute atomic E-state index is 13.2. The number of carbonyl (C=O) groups is 1. The van der Waals surface area contributed by atoms with E-state index in [1.807, 2.05) is 0 Å². The van der Waals surface area contributed by atoms with Crippen molar-refractivity contribution in [1.82, 2.24) is 0 Å². The van der Waals surface area contributed by atoms with Crippen LogP contribution in [-0.4, -0.2) is 20.0 Å². The molecule has 0 saturated heterocycles. The third kappa shape index (κ3) is 3.44. The summed E-state index contributed by atoms with van der Waals surface area (Å²) in [5.41, 5.74) is 0. The number of halogens is 5. The Balaban J connectivity index is 3.19. The van der Waals surface area contributed by atoms with Crippen LogP contribution in [0.2, 0.25) is 0 Å². The van der Waals surface area contributed by atoms with E-state index in [0.717, 1.165) is 6.92 Å². The Kier molecular flexibility index (Phi) is 4.69. The van der Waals surface area contributed by atoms with Gasteiger partial charge in [0.15, 0.2) is 0 Å². The molecule has 0 atom stereocenters. The van der Waals surface area contributed by atoms with Crippen LogP contribution in [0.5, 0.6) is 5.75 Å². The van der Waals surface area contributed by atoms with Crippen LogP contribution >= 0.6 is 0 Å². The first kappa shape index (κ1) is 16.3. The van der Waals surface area contributed by atoms with Gasteiger partial charge in [-0.05, 0) is 6.92 Å². The zero-order valence-electron chi connectivity index (χ0n) is 9.85. The highest BCUT2D eigenvalue weighted by Crippen LogP contribution is 2.30. The Labute approximate surface area is 110 Å². The molecule has 112 valence electrons. The lowest BCUT2D eigenvalue weighted by molar-refractivity contribution is -0.116. The molecule has 0 radical (unpaired) electrons. The molecule has 0 saturated carbocycles. The lowest BCUT2D eigenvalue weighted by Crippen LogP contribution is -2.18. The van der Waals surface area contributed by atoms with E-state index in [4.69, 9.17) is 0 Å². The molecule has 0 aliphatic rings. The third-order valence-electron chi connectivity index (χ3n) is 2.08. The predicted octanol–water partition coefficient (Wildman–Crippen LogP) is 2.07. The van der Waals surface area contributed by atoms with E-state index in [1.54, 1.807) is 0 Å². The minimum absolute atomic E-state index is 0.530. The Hall–Kier alpha value is -1.71. The predicted molar refractivity (Wildman–Crippen MR) is 55.9 cm³/mol. The zero-order chi connectivity index (χ0) is 15.7. The van der Waals surface area contributed by atoms with Crippen LogP contribution in [0.15, 0.2) is 0 Å². The fourth-order valence-corrected chi connectivity index (χ4v) is 2.12. The van der Waals surface area contributed by atoms with Gasteiger partial charge in [0, 0.05) is 6.42 Å². The second-order valence-corrected chi connectivity index (χ2v) is 5.39. The molecule has 4 nitrogen and oxygen atoms in total. The van der Waals surface area contributed by atoms with E-state index in [9.17, 15) is 35.2 Å². The number of ketones is 1. The molecular formula is C10H7F5O4S. The molecule has 0 N–H and O–H groups in total. The number of benzene rings is 1. The van der Waals surface area contributed by atoms with Gasteiger partial charge in [-0.3, -0.25) is 4.79 Å². The highest BCUT2D eigenvalue weighted by Gasteiger charge is 2.30. The van der Waals surface area contributed by atoms with Crippen molar-refractivity contribution in [3.63, 3.8) is 0 Å². The van der Waals surface area contributed by atoms with Crippen molar-refractivity contribution in [2.24, 2.45) is 0 Å². The van der Waals surface area contributed by atoms with E-state index in [2.05, 4.69) is 4.18 Å². The Bertz CT molecular complexity index is 627. The van der Waals surface area contributed by atoms with Gasteiger partial charge in [0.25, 0.3) is 0 Å². The molecule has 0 heterocycles. The van der Waals surface area contributed by atoms with Crippen LogP contribution < -0.4 is 4.18 Å². The molecule has 0 aliphatic carbocycles. The molecule has 0 spiro atoms. The first-order valence-electron chi connectivity index (χ1n) is 5.00. The molecular weight excluding hydrogens is 311 g/mol. The van der Waals surface area contributed by atoms with Gasteiger partial charge < -0.3 is 4.18 Å². The van der Waals surface area contributed by atoms with Crippen LogP contribution in [0, 0.1) is 29.1 Å². The number of Topliss-reactive ketones (excluding diaryl/α,β-unsaturated/α-hetero) is 1. The first-order valence-corrected chi connectivity index (χ1v) is 6.57. The highest BCUT2D eigenvalue weighted by molar-refractivity contribution is 7.87. The van der Waals surface area contributed by atoms with Gasteiger partial charge in [-0.15, -0.1) is 0 Å². The van der Waals surface area contributed by atoms with Crippen LogP contribution in [0.4, 0.5) is 22.0 Å². The Morgan fingerprint density at radius 1 is 0.950 bits per heavy atom. The average molecular weight is 318 g/mol. The topological polar surface area (TPSA) is 60.4 Å². The average Bonchev–Trinajstić information content (AvgIpc) is 2.37. The van der Waals surface area contributed by atoms with Crippen molar-refractivity contribution < 1.29 is 39.3 Å². The number of rotatable bonds is 5. The second kappa shape index (κ2) is 5.73. The van der Waals surface area contributed by atoms with E-state index in [0.29, 0.717) is 0 Å². The van der Waals surface area contributed by atoms with Gasteiger partial charge in [0.05, 0.1) is 5.75 Å². The smallest absolute Gasteiger partial charge is 0.309 e. The summed E-state index contributed by atoms with van der Waals surface area (Å²) in [5.74, 6) is -15.4. The van der Waals surface area contributed by atoms with E-state index < -0.39 is 62.9 Å². The molecule has 10 heteroatoms. The van der Waals surface area contributed by atoms with Crippen molar-refractivity contribution >= 4 is 15.9 Å². The standard InChI is InChI=1S/C10H7F5O4S/c1-4(16)2-3-20(17,18)19-10-8(14)6(12)5(11)7(13)9(10)15/h2-3H2,1H3.